The molecule has 1 aliphatic rings. The number of esters is 1. The summed E-state index contributed by atoms with van der Waals surface area (Å²) in [5.41, 5.74) is 0.698. The molecule has 1 aliphatic heterocycles. The second-order valence-electron chi connectivity index (χ2n) is 6.93. The van der Waals surface area contributed by atoms with Crippen LogP contribution in [0, 0.1) is 5.82 Å². The quantitative estimate of drug-likeness (QED) is 0.306. The molecule has 0 unspecified atom stereocenters. The van der Waals surface area contributed by atoms with Crippen molar-refractivity contribution in [1.82, 2.24) is 0 Å². The molecular weight excluding hydrogens is 431 g/mol. The summed E-state index contributed by atoms with van der Waals surface area (Å²) < 4.78 is 40.8. The molecule has 3 aromatic carbocycles. The van der Waals surface area contributed by atoms with Crippen molar-refractivity contribution in [1.29, 1.82) is 0 Å². The Morgan fingerprint density at radius 1 is 0.939 bits per heavy atom. The fourth-order valence-corrected chi connectivity index (χ4v) is 3.36. The molecule has 168 valence electrons. The summed E-state index contributed by atoms with van der Waals surface area (Å²) in [7, 11) is 4.48. The van der Waals surface area contributed by atoms with Gasteiger partial charge >= 0.3 is 5.97 Å². The molecule has 0 saturated carbocycles. The Kier molecular flexibility index (Phi) is 5.99. The lowest BCUT2D eigenvalue weighted by Gasteiger charge is -2.13. The van der Waals surface area contributed by atoms with Crippen molar-refractivity contribution in [3.8, 4) is 28.7 Å². The normalized spacial score (nSPS) is 13.3. The monoisotopic (exact) mass is 450 g/mol. The summed E-state index contributed by atoms with van der Waals surface area (Å²) in [6, 6.07) is 13.2. The summed E-state index contributed by atoms with van der Waals surface area (Å²) in [5.74, 6) is -0.214. The van der Waals surface area contributed by atoms with E-state index in [4.69, 9.17) is 23.7 Å². The van der Waals surface area contributed by atoms with Crippen LogP contribution in [0.4, 0.5) is 4.39 Å². The molecule has 0 N–H and O–H groups in total. The highest BCUT2D eigenvalue weighted by atomic mass is 19.1. The third kappa shape index (κ3) is 4.23. The summed E-state index contributed by atoms with van der Waals surface area (Å²) >= 11 is 0. The lowest BCUT2D eigenvalue weighted by atomic mass is 10.1. The van der Waals surface area contributed by atoms with E-state index >= 15 is 0 Å². The third-order valence-electron chi connectivity index (χ3n) is 4.93. The number of allylic oxidation sites excluding steroid dienone is 1. The van der Waals surface area contributed by atoms with Crippen LogP contribution in [0.1, 0.15) is 26.3 Å². The number of hydrogen-bond donors (Lipinski definition) is 0. The largest absolute Gasteiger partial charge is 0.493 e. The second kappa shape index (κ2) is 9.04. The van der Waals surface area contributed by atoms with E-state index in [1.807, 2.05) is 0 Å². The van der Waals surface area contributed by atoms with Crippen LogP contribution in [0.2, 0.25) is 0 Å². The first-order valence-corrected chi connectivity index (χ1v) is 9.80. The lowest BCUT2D eigenvalue weighted by Crippen LogP contribution is -2.10. The molecule has 0 atom stereocenters. The summed E-state index contributed by atoms with van der Waals surface area (Å²) in [5, 5.41) is 0. The van der Waals surface area contributed by atoms with Crippen molar-refractivity contribution >= 4 is 17.8 Å². The van der Waals surface area contributed by atoms with Gasteiger partial charge in [-0.15, -0.1) is 0 Å². The van der Waals surface area contributed by atoms with E-state index in [-0.39, 0.29) is 28.6 Å². The second-order valence-corrected chi connectivity index (χ2v) is 6.93. The van der Waals surface area contributed by atoms with Crippen molar-refractivity contribution in [3.63, 3.8) is 0 Å². The highest BCUT2D eigenvalue weighted by Crippen LogP contribution is 2.40. The molecule has 4 rings (SSSR count). The maximum absolute atomic E-state index is 13.8. The van der Waals surface area contributed by atoms with E-state index in [9.17, 15) is 14.0 Å². The van der Waals surface area contributed by atoms with Crippen LogP contribution in [-0.4, -0.2) is 33.1 Å². The number of Topliss-reactive ketones (excluding diaryl/α,β-unsaturated/α-hetero) is 1. The summed E-state index contributed by atoms with van der Waals surface area (Å²) in [4.78, 5) is 25.1. The molecule has 33 heavy (non-hydrogen) atoms. The first kappa shape index (κ1) is 21.9. The predicted octanol–water partition coefficient (Wildman–Crippen LogP) is 4.69. The molecule has 0 bridgehead atoms. The van der Waals surface area contributed by atoms with Crippen molar-refractivity contribution < 1.29 is 37.7 Å². The van der Waals surface area contributed by atoms with E-state index in [0.29, 0.717) is 28.4 Å². The average Bonchev–Trinajstić information content (AvgIpc) is 3.12. The standard InChI is InChI=1S/C25H19FO7/c1-29-21-11-14(12-22(30-2)24(21)31-3)10-20-23(27)17-9-8-15(13-19(17)33-20)32-25(28)16-6-4-5-7-18(16)26/h4-13H,1-3H3. The Hall–Kier alpha value is -4.33. The molecule has 7 nitrogen and oxygen atoms in total. The minimum absolute atomic E-state index is 0.0665. The van der Waals surface area contributed by atoms with Gasteiger partial charge in [-0.3, -0.25) is 4.79 Å². The highest BCUT2D eigenvalue weighted by Gasteiger charge is 2.28. The minimum atomic E-state index is -0.856. The zero-order chi connectivity index (χ0) is 23.5. The van der Waals surface area contributed by atoms with E-state index in [0.717, 1.165) is 0 Å². The van der Waals surface area contributed by atoms with Gasteiger partial charge in [0.05, 0.1) is 32.5 Å². The van der Waals surface area contributed by atoms with Gasteiger partial charge in [-0.25, -0.2) is 9.18 Å². The van der Waals surface area contributed by atoms with Gasteiger partial charge in [-0.2, -0.15) is 0 Å². The molecule has 0 fully saturated rings. The molecule has 1 heterocycles. The van der Waals surface area contributed by atoms with Crippen LogP contribution >= 0.6 is 0 Å². The van der Waals surface area contributed by atoms with Gasteiger partial charge in [0.25, 0.3) is 0 Å². The lowest BCUT2D eigenvalue weighted by molar-refractivity contribution is 0.0729. The maximum Gasteiger partial charge on any atom is 0.346 e. The first-order valence-electron chi connectivity index (χ1n) is 9.80. The topological polar surface area (TPSA) is 80.3 Å². The molecular formula is C25H19FO7. The molecule has 0 aromatic heterocycles. The number of hydrogen-bond acceptors (Lipinski definition) is 7. The van der Waals surface area contributed by atoms with E-state index in [2.05, 4.69) is 0 Å². The van der Waals surface area contributed by atoms with Crippen molar-refractivity contribution in [2.45, 2.75) is 0 Å². The van der Waals surface area contributed by atoms with Gasteiger partial charge in [0, 0.05) is 6.07 Å². The van der Waals surface area contributed by atoms with Crippen molar-refractivity contribution in [2.24, 2.45) is 0 Å². The van der Waals surface area contributed by atoms with Crippen LogP contribution in [0.3, 0.4) is 0 Å². The zero-order valence-electron chi connectivity index (χ0n) is 18.0. The Morgan fingerprint density at radius 3 is 2.27 bits per heavy atom. The van der Waals surface area contributed by atoms with Crippen molar-refractivity contribution in [2.75, 3.05) is 21.3 Å². The number of carbonyl (C=O) groups is 2. The highest BCUT2D eigenvalue weighted by molar-refractivity contribution is 6.14. The number of ether oxygens (including phenoxy) is 5. The van der Waals surface area contributed by atoms with Gasteiger partial charge in [0.1, 0.15) is 17.3 Å². The number of methoxy groups -OCH3 is 3. The summed E-state index contributed by atoms with van der Waals surface area (Å²) in [6.07, 6.45) is 1.54. The van der Waals surface area contributed by atoms with Gasteiger partial charge in [0.2, 0.25) is 11.5 Å². The van der Waals surface area contributed by atoms with Crippen molar-refractivity contribution in [3.05, 3.63) is 82.9 Å². The Bertz CT molecular complexity index is 1250. The maximum atomic E-state index is 13.8. The van der Waals surface area contributed by atoms with Crippen LogP contribution in [-0.2, 0) is 0 Å². The van der Waals surface area contributed by atoms with Gasteiger partial charge in [0.15, 0.2) is 17.3 Å². The SMILES string of the molecule is COc1cc(C=C2Oc3cc(OC(=O)c4ccccc4F)ccc3C2=O)cc(OC)c1OC. The molecule has 0 aliphatic carbocycles. The third-order valence-corrected chi connectivity index (χ3v) is 4.93. The number of ketones is 1. The van der Waals surface area contributed by atoms with Crippen LogP contribution < -0.4 is 23.7 Å². The smallest absolute Gasteiger partial charge is 0.346 e. The molecule has 3 aromatic rings. The molecule has 0 spiro atoms. The minimum Gasteiger partial charge on any atom is -0.493 e. The number of rotatable bonds is 6. The van der Waals surface area contributed by atoms with Crippen LogP contribution in [0.5, 0.6) is 28.7 Å². The molecule has 8 heteroatoms. The molecule has 0 saturated heterocycles. The van der Waals surface area contributed by atoms with E-state index < -0.39 is 11.8 Å². The predicted molar refractivity (Wildman–Crippen MR) is 117 cm³/mol. The first-order chi connectivity index (χ1) is 15.9. The van der Waals surface area contributed by atoms with Gasteiger partial charge in [-0.05, 0) is 48.0 Å². The Labute approximate surface area is 188 Å². The van der Waals surface area contributed by atoms with Crippen LogP contribution in [0.25, 0.3) is 6.08 Å². The van der Waals surface area contributed by atoms with Gasteiger partial charge in [-0.1, -0.05) is 12.1 Å². The van der Waals surface area contributed by atoms with E-state index in [1.165, 1.54) is 69.9 Å². The Morgan fingerprint density at radius 2 is 1.64 bits per heavy atom. The number of carbonyl (C=O) groups excluding carboxylic acids is 2. The zero-order valence-corrected chi connectivity index (χ0v) is 18.0. The molecule has 0 radical (unpaired) electrons. The average molecular weight is 450 g/mol. The number of halogens is 1. The fraction of sp³-hybridized carbons (Fsp3) is 0.120. The molecule has 0 amide bonds. The van der Waals surface area contributed by atoms with E-state index in [1.54, 1.807) is 12.1 Å². The van der Waals surface area contributed by atoms with Gasteiger partial charge < -0.3 is 23.7 Å². The Balaban J connectivity index is 1.60. The van der Waals surface area contributed by atoms with Crippen LogP contribution in [0.15, 0.2) is 60.4 Å². The number of benzene rings is 3. The fourth-order valence-electron chi connectivity index (χ4n) is 3.36. The summed E-state index contributed by atoms with van der Waals surface area (Å²) in [6.45, 7) is 0. The number of fused-ring (bicyclic) bond motifs is 1.